The Hall–Kier alpha value is -0.0600. The Morgan fingerprint density at radius 3 is 1.70 bits per heavy atom. The van der Waals surface area contributed by atoms with E-state index in [-0.39, 0.29) is 0 Å². The van der Waals surface area contributed by atoms with Crippen LogP contribution in [0.4, 0.5) is 0 Å². The standard InChI is InChI=1S/C8H19O3P.C4H11NO.H2O4S/c1-3-5-6-7-8-12(9,10)11-4-2;1-3-5(6)4-2;1-5(2,3)4/h3-8H2,1-2H3,(H,9,10);6H,3-4H2,1-2H3;(H2,1,2,3,4). The average molecular weight is 381 g/mol. The second kappa shape index (κ2) is 16.8. The molecule has 0 aliphatic carbocycles. The summed E-state index contributed by atoms with van der Waals surface area (Å²) in [5.41, 5.74) is 0. The Labute approximate surface area is 139 Å². The molecule has 0 saturated carbocycles. The van der Waals surface area contributed by atoms with E-state index in [1.807, 2.05) is 13.8 Å². The lowest BCUT2D eigenvalue weighted by molar-refractivity contribution is -0.0813. The third-order valence-corrected chi connectivity index (χ3v) is 3.90. The molecule has 0 amide bonds. The SMILES string of the molecule is CCCCCCP(=O)(O)OCC.CCN(O)CC.O=S(=O)(O)O. The summed E-state index contributed by atoms with van der Waals surface area (Å²) in [4.78, 5) is 9.15. The predicted molar refractivity (Wildman–Crippen MR) is 89.3 cm³/mol. The maximum Gasteiger partial charge on any atom is 0.394 e. The molecule has 144 valence electrons. The molecule has 0 fully saturated rings. The predicted octanol–water partition coefficient (Wildman–Crippen LogP) is 2.85. The van der Waals surface area contributed by atoms with Crippen molar-refractivity contribution < 1.29 is 36.7 Å². The maximum atomic E-state index is 11.1. The lowest BCUT2D eigenvalue weighted by Gasteiger charge is -2.09. The van der Waals surface area contributed by atoms with E-state index in [9.17, 15) is 4.57 Å². The molecule has 1 atom stereocenters. The van der Waals surface area contributed by atoms with Gasteiger partial charge < -0.3 is 14.6 Å². The summed E-state index contributed by atoms with van der Waals surface area (Å²) in [6.45, 7) is 9.41. The van der Waals surface area contributed by atoms with E-state index in [4.69, 9.17) is 32.1 Å². The van der Waals surface area contributed by atoms with Crippen LogP contribution in [-0.4, -0.2) is 58.5 Å². The highest BCUT2D eigenvalue weighted by molar-refractivity contribution is 7.79. The van der Waals surface area contributed by atoms with Gasteiger partial charge in [-0.3, -0.25) is 13.7 Å². The zero-order valence-electron chi connectivity index (χ0n) is 14.4. The molecular formula is C12H32NO8PS. The highest BCUT2D eigenvalue weighted by atomic mass is 32.3. The fourth-order valence-electron chi connectivity index (χ4n) is 1.23. The molecular weight excluding hydrogens is 349 g/mol. The van der Waals surface area contributed by atoms with Gasteiger partial charge in [-0.25, -0.2) is 0 Å². The van der Waals surface area contributed by atoms with E-state index in [2.05, 4.69) is 6.92 Å². The molecule has 1 unspecified atom stereocenters. The largest absolute Gasteiger partial charge is 0.394 e. The first-order chi connectivity index (χ1) is 10.4. The van der Waals surface area contributed by atoms with Gasteiger partial charge >= 0.3 is 18.0 Å². The van der Waals surface area contributed by atoms with Crippen molar-refractivity contribution >= 4 is 18.0 Å². The van der Waals surface area contributed by atoms with E-state index in [1.165, 1.54) is 5.06 Å². The molecule has 0 rings (SSSR count). The molecule has 0 heterocycles. The van der Waals surface area contributed by atoms with Crippen LogP contribution >= 0.6 is 7.60 Å². The highest BCUT2D eigenvalue weighted by Gasteiger charge is 2.16. The van der Waals surface area contributed by atoms with Crippen LogP contribution in [-0.2, 0) is 19.5 Å². The van der Waals surface area contributed by atoms with Gasteiger partial charge in [0.2, 0.25) is 0 Å². The summed E-state index contributed by atoms with van der Waals surface area (Å²) in [5, 5.41) is 9.75. The van der Waals surface area contributed by atoms with E-state index in [0.717, 1.165) is 38.8 Å². The van der Waals surface area contributed by atoms with Crippen LogP contribution in [0.15, 0.2) is 0 Å². The fourth-order valence-corrected chi connectivity index (χ4v) is 2.38. The van der Waals surface area contributed by atoms with Crippen molar-refractivity contribution in [3.63, 3.8) is 0 Å². The van der Waals surface area contributed by atoms with Crippen LogP contribution < -0.4 is 0 Å². The minimum atomic E-state index is -4.67. The third-order valence-electron chi connectivity index (χ3n) is 2.36. The summed E-state index contributed by atoms with van der Waals surface area (Å²) in [7, 11) is -7.90. The summed E-state index contributed by atoms with van der Waals surface area (Å²) < 4.78 is 47.4. The van der Waals surface area contributed by atoms with E-state index in [1.54, 1.807) is 6.92 Å². The summed E-state index contributed by atoms with van der Waals surface area (Å²) in [5.74, 6) is 0. The summed E-state index contributed by atoms with van der Waals surface area (Å²) in [6.07, 6.45) is 4.40. The number of hydrogen-bond donors (Lipinski definition) is 4. The first-order valence-corrected chi connectivity index (χ1v) is 10.7. The molecule has 0 radical (unpaired) electrons. The van der Waals surface area contributed by atoms with Gasteiger partial charge in [-0.15, -0.1) is 0 Å². The van der Waals surface area contributed by atoms with Crippen molar-refractivity contribution in [2.45, 2.75) is 53.4 Å². The van der Waals surface area contributed by atoms with Crippen molar-refractivity contribution in [2.75, 3.05) is 25.9 Å². The van der Waals surface area contributed by atoms with Crippen LogP contribution in [0.5, 0.6) is 0 Å². The van der Waals surface area contributed by atoms with Gasteiger partial charge in [0.15, 0.2) is 0 Å². The first kappa shape index (κ1) is 27.8. The normalized spacial score (nSPS) is 13.4. The molecule has 0 aliphatic rings. The third kappa shape index (κ3) is 39.1. The Kier molecular flexibility index (Phi) is 20.3. The highest BCUT2D eigenvalue weighted by Crippen LogP contribution is 2.42. The molecule has 0 bridgehead atoms. The van der Waals surface area contributed by atoms with Gasteiger partial charge in [-0.1, -0.05) is 40.0 Å². The molecule has 9 nitrogen and oxygen atoms in total. The van der Waals surface area contributed by atoms with Gasteiger partial charge in [0.1, 0.15) is 0 Å². The molecule has 0 spiro atoms. The second-order valence-corrected chi connectivity index (χ2v) is 7.30. The molecule has 0 aromatic rings. The van der Waals surface area contributed by atoms with Crippen molar-refractivity contribution in [3.8, 4) is 0 Å². The Balaban J connectivity index is -0.000000303. The van der Waals surface area contributed by atoms with Crippen molar-refractivity contribution in [2.24, 2.45) is 0 Å². The van der Waals surface area contributed by atoms with Crippen LogP contribution in [0.25, 0.3) is 0 Å². The Bertz CT molecular complexity index is 379. The minimum Gasteiger partial charge on any atom is -0.324 e. The number of hydroxylamine groups is 2. The number of unbranched alkanes of at least 4 members (excludes halogenated alkanes) is 3. The summed E-state index contributed by atoms with van der Waals surface area (Å²) >= 11 is 0. The van der Waals surface area contributed by atoms with Crippen molar-refractivity contribution in [1.82, 2.24) is 5.06 Å². The van der Waals surface area contributed by atoms with E-state index in [0.29, 0.717) is 12.8 Å². The van der Waals surface area contributed by atoms with Crippen molar-refractivity contribution in [1.29, 1.82) is 0 Å². The van der Waals surface area contributed by atoms with E-state index >= 15 is 0 Å². The summed E-state index contributed by atoms with van der Waals surface area (Å²) in [6, 6.07) is 0. The van der Waals surface area contributed by atoms with Gasteiger partial charge in [0.05, 0.1) is 6.61 Å². The first-order valence-electron chi connectivity index (χ1n) is 7.53. The lowest BCUT2D eigenvalue weighted by Crippen LogP contribution is -2.16. The van der Waals surface area contributed by atoms with Gasteiger partial charge in [0.25, 0.3) is 0 Å². The van der Waals surface area contributed by atoms with Gasteiger partial charge in [-0.05, 0) is 13.3 Å². The number of rotatable bonds is 9. The monoisotopic (exact) mass is 381 g/mol. The van der Waals surface area contributed by atoms with Crippen molar-refractivity contribution in [3.05, 3.63) is 0 Å². The van der Waals surface area contributed by atoms with Crippen LogP contribution in [0.1, 0.15) is 53.4 Å². The van der Waals surface area contributed by atoms with Crippen LogP contribution in [0.3, 0.4) is 0 Å². The number of hydrogen-bond acceptors (Lipinski definition) is 6. The zero-order valence-corrected chi connectivity index (χ0v) is 16.1. The average Bonchev–Trinajstić information content (AvgIpc) is 2.41. The van der Waals surface area contributed by atoms with Gasteiger partial charge in [0, 0.05) is 19.3 Å². The maximum absolute atomic E-state index is 11.1. The van der Waals surface area contributed by atoms with Gasteiger partial charge in [-0.2, -0.15) is 13.5 Å². The molecule has 0 aromatic heterocycles. The van der Waals surface area contributed by atoms with Crippen LogP contribution in [0, 0.1) is 0 Å². The molecule has 4 N–H and O–H groups in total. The van der Waals surface area contributed by atoms with E-state index < -0.39 is 18.0 Å². The Morgan fingerprint density at radius 1 is 1.00 bits per heavy atom. The quantitative estimate of drug-likeness (QED) is 0.205. The molecule has 11 heteroatoms. The van der Waals surface area contributed by atoms with Crippen LogP contribution in [0.2, 0.25) is 0 Å². The molecule has 0 aliphatic heterocycles. The fraction of sp³-hybridized carbons (Fsp3) is 1.00. The molecule has 23 heavy (non-hydrogen) atoms. The smallest absolute Gasteiger partial charge is 0.324 e. The number of nitrogens with zero attached hydrogens (tertiary/aromatic N) is 1. The molecule has 0 saturated heterocycles. The zero-order chi connectivity index (χ0) is 18.9. The minimum absolute atomic E-state index is 0.306. The second-order valence-electron chi connectivity index (χ2n) is 4.43. The molecule has 0 aromatic carbocycles. The topological polar surface area (TPSA) is 145 Å². The Morgan fingerprint density at radius 2 is 1.43 bits per heavy atom. The lowest BCUT2D eigenvalue weighted by atomic mass is 10.2.